The summed E-state index contributed by atoms with van der Waals surface area (Å²) < 4.78 is 77.6. The zero-order chi connectivity index (χ0) is 24.5. The molecular weight excluding hydrogens is 461 g/mol. The lowest BCUT2D eigenvalue weighted by molar-refractivity contribution is -0.140. The molecule has 0 aliphatic carbocycles. The van der Waals surface area contributed by atoms with Gasteiger partial charge in [0.05, 0.1) is 16.2 Å². The molecule has 0 fully saturated rings. The van der Waals surface area contributed by atoms with Crippen LogP contribution >= 0.6 is 0 Å². The summed E-state index contributed by atoms with van der Waals surface area (Å²) in [7, 11) is 1.77. The highest BCUT2D eigenvalue weighted by molar-refractivity contribution is 7.91. The van der Waals surface area contributed by atoms with Gasteiger partial charge in [0, 0.05) is 12.6 Å². The second kappa shape index (κ2) is 8.78. The van der Waals surface area contributed by atoms with E-state index in [4.69, 9.17) is 7.85 Å². The minimum Gasteiger partial charge on any atom is -0.379 e. The Morgan fingerprint density at radius 2 is 1.84 bits per heavy atom. The minimum absolute atomic E-state index is 0.440. The number of hydrogen-bond donors (Lipinski definition) is 3. The summed E-state index contributed by atoms with van der Waals surface area (Å²) in [6.07, 6.45) is -5.02. The number of amides is 2. The van der Waals surface area contributed by atoms with Gasteiger partial charge in [-0.2, -0.15) is 18.3 Å². The Kier molecular flexibility index (Phi) is 6.89. The molecule has 10 nitrogen and oxygen atoms in total. The Bertz CT molecular complexity index is 1170. The third-order valence-corrected chi connectivity index (χ3v) is 5.85. The molecule has 0 spiro atoms. The predicted molar refractivity (Wildman–Crippen MR) is 101 cm³/mol. The van der Waals surface area contributed by atoms with Crippen molar-refractivity contribution in [2.24, 2.45) is 0 Å². The van der Waals surface area contributed by atoms with Crippen molar-refractivity contribution in [1.82, 2.24) is 20.5 Å². The molecule has 32 heavy (non-hydrogen) atoms. The average Bonchev–Trinajstić information content (AvgIpc) is 2.67. The van der Waals surface area contributed by atoms with Gasteiger partial charge in [-0.3, -0.25) is 14.9 Å². The fourth-order valence-electron chi connectivity index (χ4n) is 2.36. The number of hydrogen-bond acceptors (Lipinski definition) is 8. The zero-order valence-corrected chi connectivity index (χ0v) is 17.2. The van der Waals surface area contributed by atoms with E-state index in [0.717, 1.165) is 19.1 Å². The first-order valence-electron chi connectivity index (χ1n) is 8.44. The van der Waals surface area contributed by atoms with Crippen LogP contribution in [0.25, 0.3) is 0 Å². The number of nitrogens with zero attached hydrogens (tertiary/aromatic N) is 3. The summed E-state index contributed by atoms with van der Waals surface area (Å²) in [4.78, 5) is 26.1. The van der Waals surface area contributed by atoms with Crippen LogP contribution in [0.4, 0.5) is 23.5 Å². The maximum absolute atomic E-state index is 14.1. The standard InChI is InChI=1S/C16H14BF4N5O5S/c1-15(29,13(28)24-14-23-10(16(19,20)21)11(17)25-26-14)6-32(30,31)7-3-4-8(9(18)5-7)12(27)22-2/h3-5,29H,6H2,1-2H3,(H,22,27)(H,23,24,26,28)/t15-/m0/s1. The fraction of sp³-hybridized carbons (Fsp3) is 0.312. The second-order valence-corrected chi connectivity index (χ2v) is 8.56. The third kappa shape index (κ3) is 5.56. The van der Waals surface area contributed by atoms with Gasteiger partial charge in [0.2, 0.25) is 5.95 Å². The highest BCUT2D eigenvalue weighted by atomic mass is 32.2. The normalized spacial score (nSPS) is 13.8. The first-order chi connectivity index (χ1) is 14.6. The molecule has 170 valence electrons. The van der Waals surface area contributed by atoms with E-state index >= 15 is 0 Å². The number of benzene rings is 1. The lowest BCUT2D eigenvalue weighted by Gasteiger charge is -2.22. The van der Waals surface area contributed by atoms with Crippen molar-refractivity contribution in [2.45, 2.75) is 23.6 Å². The molecule has 1 aromatic carbocycles. The largest absolute Gasteiger partial charge is 0.434 e. The monoisotopic (exact) mass is 475 g/mol. The topological polar surface area (TPSA) is 151 Å². The number of aromatic nitrogens is 3. The molecule has 2 rings (SSSR count). The quantitative estimate of drug-likeness (QED) is 0.368. The van der Waals surface area contributed by atoms with Crippen LogP contribution < -0.4 is 16.2 Å². The predicted octanol–water partition coefficient (Wildman–Crippen LogP) is -0.654. The summed E-state index contributed by atoms with van der Waals surface area (Å²) in [5.74, 6) is -5.75. The Balaban J connectivity index is 2.26. The van der Waals surface area contributed by atoms with E-state index in [1.807, 2.05) is 0 Å². The van der Waals surface area contributed by atoms with Gasteiger partial charge in [-0.05, 0) is 25.1 Å². The number of nitrogens with one attached hydrogen (secondary N) is 2. The third-order valence-electron chi connectivity index (χ3n) is 3.94. The molecule has 16 heteroatoms. The molecule has 2 amide bonds. The molecule has 0 saturated carbocycles. The van der Waals surface area contributed by atoms with Crippen molar-refractivity contribution < 1.29 is 40.7 Å². The molecule has 2 radical (unpaired) electrons. The van der Waals surface area contributed by atoms with Crippen molar-refractivity contribution in [2.75, 3.05) is 18.1 Å². The van der Waals surface area contributed by atoms with E-state index in [2.05, 4.69) is 20.5 Å². The number of aliphatic hydroxyl groups is 1. The maximum atomic E-state index is 14.1. The molecule has 0 bridgehead atoms. The van der Waals surface area contributed by atoms with Crippen LogP contribution in [0.2, 0.25) is 0 Å². The average molecular weight is 475 g/mol. The number of alkyl halides is 3. The summed E-state index contributed by atoms with van der Waals surface area (Å²) in [6, 6.07) is 2.30. The summed E-state index contributed by atoms with van der Waals surface area (Å²) in [6.45, 7) is 0.755. The smallest absolute Gasteiger partial charge is 0.379 e. The van der Waals surface area contributed by atoms with Gasteiger partial charge in [0.25, 0.3) is 11.8 Å². The van der Waals surface area contributed by atoms with Gasteiger partial charge >= 0.3 is 6.18 Å². The molecule has 0 saturated heterocycles. The first kappa shape index (κ1) is 25.1. The molecule has 0 aliphatic heterocycles. The van der Waals surface area contributed by atoms with Gasteiger partial charge in [0.15, 0.2) is 21.1 Å². The van der Waals surface area contributed by atoms with E-state index in [0.29, 0.717) is 6.07 Å². The Morgan fingerprint density at radius 1 is 1.22 bits per heavy atom. The number of rotatable bonds is 6. The molecule has 1 heterocycles. The molecule has 1 aromatic heterocycles. The van der Waals surface area contributed by atoms with Crippen LogP contribution in [-0.4, -0.2) is 66.8 Å². The summed E-state index contributed by atoms with van der Waals surface area (Å²) in [5.41, 5.74) is -5.86. The van der Waals surface area contributed by atoms with Crippen molar-refractivity contribution in [3.8, 4) is 0 Å². The highest BCUT2D eigenvalue weighted by Crippen LogP contribution is 2.26. The van der Waals surface area contributed by atoms with Crippen LogP contribution in [0.3, 0.4) is 0 Å². The highest BCUT2D eigenvalue weighted by Gasteiger charge is 2.39. The zero-order valence-electron chi connectivity index (χ0n) is 16.4. The number of carbonyl (C=O) groups is 2. The molecular formula is C16H14BF4N5O5S. The maximum Gasteiger partial charge on any atom is 0.434 e. The Labute approximate surface area is 179 Å². The van der Waals surface area contributed by atoms with Crippen LogP contribution in [-0.2, 0) is 20.8 Å². The molecule has 1 atom stereocenters. The van der Waals surface area contributed by atoms with E-state index in [9.17, 15) is 40.7 Å². The number of carbonyl (C=O) groups excluding carboxylic acids is 2. The van der Waals surface area contributed by atoms with E-state index in [-0.39, 0.29) is 0 Å². The Hall–Kier alpha value is -3.14. The van der Waals surface area contributed by atoms with Gasteiger partial charge in [-0.25, -0.2) is 17.8 Å². The second-order valence-electron chi connectivity index (χ2n) is 6.57. The van der Waals surface area contributed by atoms with E-state index in [1.165, 1.54) is 7.05 Å². The number of sulfone groups is 1. The molecule has 3 N–H and O–H groups in total. The van der Waals surface area contributed by atoms with Crippen molar-refractivity contribution >= 4 is 41.0 Å². The van der Waals surface area contributed by atoms with Crippen LogP contribution in [0.15, 0.2) is 23.1 Å². The van der Waals surface area contributed by atoms with Crippen LogP contribution in [0, 0.1) is 5.82 Å². The lowest BCUT2D eigenvalue weighted by Crippen LogP contribution is -2.46. The van der Waals surface area contributed by atoms with E-state index in [1.54, 1.807) is 5.32 Å². The van der Waals surface area contributed by atoms with Crippen molar-refractivity contribution in [3.05, 3.63) is 35.3 Å². The van der Waals surface area contributed by atoms with E-state index < -0.39 is 72.7 Å². The van der Waals surface area contributed by atoms with Crippen LogP contribution in [0.5, 0.6) is 0 Å². The van der Waals surface area contributed by atoms with Gasteiger partial charge in [-0.1, -0.05) is 0 Å². The van der Waals surface area contributed by atoms with Gasteiger partial charge in [0.1, 0.15) is 13.7 Å². The van der Waals surface area contributed by atoms with Crippen molar-refractivity contribution in [3.63, 3.8) is 0 Å². The van der Waals surface area contributed by atoms with Gasteiger partial charge in [-0.15, -0.1) is 5.10 Å². The van der Waals surface area contributed by atoms with Crippen molar-refractivity contribution in [1.29, 1.82) is 0 Å². The fourth-order valence-corrected chi connectivity index (χ4v) is 3.96. The molecule has 0 aliphatic rings. The Morgan fingerprint density at radius 3 is 2.38 bits per heavy atom. The summed E-state index contributed by atoms with van der Waals surface area (Å²) >= 11 is 0. The molecule has 2 aromatic rings. The summed E-state index contributed by atoms with van der Waals surface area (Å²) in [5, 5.41) is 20.3. The number of halogens is 4. The molecule has 0 unspecified atom stereocenters. The van der Waals surface area contributed by atoms with Crippen LogP contribution in [0.1, 0.15) is 23.0 Å². The first-order valence-corrected chi connectivity index (χ1v) is 10.1. The minimum atomic E-state index is -5.02. The SMILES string of the molecule is [B]c1nnc(NC(=O)[C@@](C)(O)CS(=O)(=O)c2ccc(C(=O)NC)c(F)c2)nc1C(F)(F)F. The lowest BCUT2D eigenvalue weighted by atomic mass is 10.0. The number of anilines is 1. The van der Waals surface area contributed by atoms with Gasteiger partial charge < -0.3 is 10.4 Å².